The lowest BCUT2D eigenvalue weighted by Gasteiger charge is -2.32. The molecule has 0 saturated carbocycles. The van der Waals surface area contributed by atoms with Gasteiger partial charge in [-0.2, -0.15) is 0 Å². The molecule has 0 bridgehead atoms. The summed E-state index contributed by atoms with van der Waals surface area (Å²) in [4.78, 5) is 11.3. The summed E-state index contributed by atoms with van der Waals surface area (Å²) in [6.45, 7) is 4.27. The van der Waals surface area contributed by atoms with E-state index >= 15 is 0 Å². The molecule has 1 aliphatic rings. The van der Waals surface area contributed by atoms with Crippen molar-refractivity contribution in [1.29, 1.82) is 0 Å². The van der Waals surface area contributed by atoms with Gasteiger partial charge >= 0.3 is 5.97 Å². The molecule has 1 aliphatic heterocycles. The van der Waals surface area contributed by atoms with Gasteiger partial charge < -0.3 is 19.9 Å². The number of esters is 1. The van der Waals surface area contributed by atoms with Crippen molar-refractivity contribution in [3.63, 3.8) is 0 Å². The number of nitrogens with one attached hydrogen (secondary N) is 1. The minimum atomic E-state index is -0.734. The number of hydrogen-bond acceptors (Lipinski definition) is 5. The fraction of sp³-hybridized carbons (Fsp3) is 0.917. The van der Waals surface area contributed by atoms with E-state index in [4.69, 9.17) is 9.47 Å². The van der Waals surface area contributed by atoms with E-state index in [-0.39, 0.29) is 12.5 Å². The lowest BCUT2D eigenvalue weighted by molar-refractivity contribution is -0.143. The van der Waals surface area contributed by atoms with Gasteiger partial charge in [0, 0.05) is 32.6 Å². The molecule has 0 radical (unpaired) electrons. The SMILES string of the molecule is CCCCOC(=O)CNCC1(O)CCOCC1. The molecule has 17 heavy (non-hydrogen) atoms. The number of rotatable bonds is 7. The monoisotopic (exact) mass is 245 g/mol. The summed E-state index contributed by atoms with van der Waals surface area (Å²) in [6.07, 6.45) is 3.14. The van der Waals surface area contributed by atoms with Crippen LogP contribution in [-0.2, 0) is 14.3 Å². The predicted molar refractivity (Wildman–Crippen MR) is 63.7 cm³/mol. The number of aliphatic hydroxyl groups is 1. The molecule has 5 nitrogen and oxygen atoms in total. The van der Waals surface area contributed by atoms with Crippen LogP contribution in [0.4, 0.5) is 0 Å². The van der Waals surface area contributed by atoms with Crippen LogP contribution in [0.15, 0.2) is 0 Å². The standard InChI is InChI=1S/C12H23NO4/c1-2-3-6-17-11(14)9-13-10-12(15)4-7-16-8-5-12/h13,15H,2-10H2,1H3. The van der Waals surface area contributed by atoms with Crippen LogP contribution in [0.1, 0.15) is 32.6 Å². The van der Waals surface area contributed by atoms with Crippen LogP contribution in [0.3, 0.4) is 0 Å². The Balaban J connectivity index is 2.07. The van der Waals surface area contributed by atoms with E-state index in [0.717, 1.165) is 12.8 Å². The maximum absolute atomic E-state index is 11.3. The van der Waals surface area contributed by atoms with Crippen LogP contribution in [0.25, 0.3) is 0 Å². The summed E-state index contributed by atoms with van der Waals surface area (Å²) in [7, 11) is 0. The second kappa shape index (κ2) is 7.63. The number of hydrogen-bond donors (Lipinski definition) is 2. The molecular weight excluding hydrogens is 222 g/mol. The average molecular weight is 245 g/mol. The van der Waals surface area contributed by atoms with Crippen molar-refractivity contribution >= 4 is 5.97 Å². The van der Waals surface area contributed by atoms with E-state index in [2.05, 4.69) is 5.32 Å². The molecule has 0 atom stereocenters. The highest BCUT2D eigenvalue weighted by molar-refractivity contribution is 5.71. The molecule has 0 aromatic rings. The Labute approximate surface area is 102 Å². The molecule has 0 unspecified atom stereocenters. The van der Waals surface area contributed by atoms with Gasteiger partial charge in [-0.1, -0.05) is 13.3 Å². The summed E-state index contributed by atoms with van der Waals surface area (Å²) in [5.74, 6) is -0.255. The van der Waals surface area contributed by atoms with Gasteiger partial charge in [0.25, 0.3) is 0 Å². The first-order valence-electron chi connectivity index (χ1n) is 6.33. The first-order valence-corrected chi connectivity index (χ1v) is 6.33. The van der Waals surface area contributed by atoms with Crippen molar-refractivity contribution in [2.75, 3.05) is 32.9 Å². The van der Waals surface area contributed by atoms with Crippen LogP contribution < -0.4 is 5.32 Å². The Bertz CT molecular complexity index is 227. The summed E-state index contributed by atoms with van der Waals surface area (Å²) in [5, 5.41) is 13.0. The minimum Gasteiger partial charge on any atom is -0.465 e. The third-order valence-corrected chi connectivity index (χ3v) is 2.91. The fourth-order valence-electron chi connectivity index (χ4n) is 1.71. The Morgan fingerprint density at radius 3 is 2.82 bits per heavy atom. The van der Waals surface area contributed by atoms with Crippen LogP contribution in [0, 0.1) is 0 Å². The molecule has 1 heterocycles. The molecule has 0 amide bonds. The van der Waals surface area contributed by atoms with E-state index in [1.54, 1.807) is 0 Å². The predicted octanol–water partition coefficient (Wildman–Crippen LogP) is 0.461. The quantitative estimate of drug-likeness (QED) is 0.504. The number of carbonyl (C=O) groups is 1. The molecule has 1 fully saturated rings. The highest BCUT2D eigenvalue weighted by atomic mass is 16.5. The van der Waals surface area contributed by atoms with Gasteiger partial charge in [0.05, 0.1) is 18.8 Å². The Morgan fingerprint density at radius 2 is 2.18 bits per heavy atom. The highest BCUT2D eigenvalue weighted by Gasteiger charge is 2.29. The summed E-state index contributed by atoms with van der Waals surface area (Å²) >= 11 is 0. The van der Waals surface area contributed by atoms with Crippen LogP contribution in [0.2, 0.25) is 0 Å². The first kappa shape index (κ1) is 14.4. The normalized spacial score (nSPS) is 18.9. The Morgan fingerprint density at radius 1 is 1.47 bits per heavy atom. The minimum absolute atomic E-state index is 0.160. The van der Waals surface area contributed by atoms with Crippen molar-refractivity contribution in [3.8, 4) is 0 Å². The van der Waals surface area contributed by atoms with Crippen LogP contribution in [-0.4, -0.2) is 49.6 Å². The van der Waals surface area contributed by atoms with E-state index in [0.29, 0.717) is 39.2 Å². The lowest BCUT2D eigenvalue weighted by atomic mass is 9.94. The van der Waals surface area contributed by atoms with Crippen LogP contribution in [0.5, 0.6) is 0 Å². The molecular formula is C12H23NO4. The summed E-state index contributed by atoms with van der Waals surface area (Å²) < 4.78 is 10.2. The van der Waals surface area contributed by atoms with E-state index < -0.39 is 5.60 Å². The van der Waals surface area contributed by atoms with Gasteiger partial charge in [-0.25, -0.2) is 0 Å². The highest BCUT2D eigenvalue weighted by Crippen LogP contribution is 2.18. The van der Waals surface area contributed by atoms with E-state index in [9.17, 15) is 9.90 Å². The zero-order valence-corrected chi connectivity index (χ0v) is 10.5. The van der Waals surface area contributed by atoms with Crippen LogP contribution >= 0.6 is 0 Å². The fourth-order valence-corrected chi connectivity index (χ4v) is 1.71. The summed E-state index contributed by atoms with van der Waals surface area (Å²) in [5.41, 5.74) is -0.734. The van der Waals surface area contributed by atoms with Crippen molar-refractivity contribution in [3.05, 3.63) is 0 Å². The van der Waals surface area contributed by atoms with E-state index in [1.807, 2.05) is 6.92 Å². The average Bonchev–Trinajstić information content (AvgIpc) is 2.30. The number of ether oxygens (including phenoxy) is 2. The second-order valence-electron chi connectivity index (χ2n) is 4.51. The van der Waals surface area contributed by atoms with Crippen molar-refractivity contribution in [2.45, 2.75) is 38.2 Å². The summed E-state index contributed by atoms with van der Waals surface area (Å²) in [6, 6.07) is 0. The maximum atomic E-state index is 11.3. The van der Waals surface area contributed by atoms with Crippen molar-refractivity contribution in [2.24, 2.45) is 0 Å². The van der Waals surface area contributed by atoms with E-state index in [1.165, 1.54) is 0 Å². The van der Waals surface area contributed by atoms with Gasteiger partial charge in [-0.05, 0) is 6.42 Å². The molecule has 0 aromatic carbocycles. The van der Waals surface area contributed by atoms with Gasteiger partial charge in [0.1, 0.15) is 0 Å². The molecule has 0 aliphatic carbocycles. The molecule has 1 saturated heterocycles. The first-order chi connectivity index (χ1) is 8.16. The lowest BCUT2D eigenvalue weighted by Crippen LogP contribution is -2.46. The zero-order valence-electron chi connectivity index (χ0n) is 10.5. The Kier molecular flexibility index (Phi) is 6.47. The van der Waals surface area contributed by atoms with Crippen molar-refractivity contribution in [1.82, 2.24) is 5.32 Å². The number of carbonyl (C=O) groups excluding carboxylic acids is 1. The van der Waals surface area contributed by atoms with Gasteiger partial charge in [-0.3, -0.25) is 4.79 Å². The molecule has 1 rings (SSSR count). The smallest absolute Gasteiger partial charge is 0.319 e. The molecule has 0 spiro atoms. The molecule has 100 valence electrons. The molecule has 0 aromatic heterocycles. The Hall–Kier alpha value is -0.650. The van der Waals surface area contributed by atoms with Gasteiger partial charge in [0.15, 0.2) is 0 Å². The van der Waals surface area contributed by atoms with Gasteiger partial charge in [0.2, 0.25) is 0 Å². The third kappa shape index (κ3) is 6.00. The maximum Gasteiger partial charge on any atom is 0.319 e. The zero-order chi connectivity index (χ0) is 12.6. The molecule has 2 N–H and O–H groups in total. The second-order valence-corrected chi connectivity index (χ2v) is 4.51. The molecule has 5 heteroatoms. The largest absolute Gasteiger partial charge is 0.465 e. The number of unbranched alkanes of at least 4 members (excludes halogenated alkanes) is 1. The van der Waals surface area contributed by atoms with Gasteiger partial charge in [-0.15, -0.1) is 0 Å². The van der Waals surface area contributed by atoms with Crippen molar-refractivity contribution < 1.29 is 19.4 Å². The topological polar surface area (TPSA) is 67.8 Å². The third-order valence-electron chi connectivity index (χ3n) is 2.91.